The number of piperidine rings is 1. The molecule has 4 rings (SSSR count). The molecule has 5 nitrogen and oxygen atoms in total. The summed E-state index contributed by atoms with van der Waals surface area (Å²) in [7, 11) is 0. The summed E-state index contributed by atoms with van der Waals surface area (Å²) in [6.45, 7) is 5.45. The average Bonchev–Trinajstić information content (AvgIpc) is 3.23. The first-order chi connectivity index (χ1) is 14.2. The van der Waals surface area contributed by atoms with Crippen molar-refractivity contribution in [3.63, 3.8) is 0 Å². The highest BCUT2D eigenvalue weighted by molar-refractivity contribution is 5.80. The summed E-state index contributed by atoms with van der Waals surface area (Å²) in [5, 5.41) is 7.65. The van der Waals surface area contributed by atoms with Crippen LogP contribution < -0.4 is 4.74 Å². The van der Waals surface area contributed by atoms with Gasteiger partial charge < -0.3 is 9.64 Å². The Morgan fingerprint density at radius 2 is 1.86 bits per heavy atom. The molecular weight excluding hydrogens is 362 g/mol. The maximum atomic E-state index is 11.9. The molecule has 2 unspecified atom stereocenters. The van der Waals surface area contributed by atoms with Gasteiger partial charge in [0.1, 0.15) is 12.4 Å². The van der Waals surface area contributed by atoms with Gasteiger partial charge in [0.05, 0.1) is 5.69 Å². The molecule has 1 saturated heterocycles. The molecule has 0 aliphatic carbocycles. The number of benzene rings is 2. The van der Waals surface area contributed by atoms with Gasteiger partial charge in [-0.15, -0.1) is 0 Å². The van der Waals surface area contributed by atoms with Crippen LogP contribution in [-0.2, 0) is 17.8 Å². The lowest BCUT2D eigenvalue weighted by molar-refractivity contribution is -0.128. The molecule has 149 valence electrons. The van der Waals surface area contributed by atoms with Gasteiger partial charge in [0.2, 0.25) is 5.91 Å². The van der Waals surface area contributed by atoms with Gasteiger partial charge in [-0.25, -0.2) is 0 Å². The molecule has 2 atom stereocenters. The minimum absolute atomic E-state index is 0.111. The zero-order valence-corrected chi connectivity index (χ0v) is 16.5. The van der Waals surface area contributed by atoms with Crippen molar-refractivity contribution >= 4 is 5.91 Å². The van der Waals surface area contributed by atoms with E-state index < -0.39 is 0 Å². The Kier molecular flexibility index (Phi) is 5.94. The Morgan fingerprint density at radius 3 is 2.59 bits per heavy atom. The van der Waals surface area contributed by atoms with E-state index in [9.17, 15) is 4.79 Å². The quantitative estimate of drug-likeness (QED) is 0.694. The molecule has 0 spiro atoms. The SMILES string of the molecule is [CH2]C(=O)N1CCC(Cc2ccccc2)C(c2cc(COc3ccccc3)n[nH]2)C1. The molecule has 1 fully saturated rings. The van der Waals surface area contributed by atoms with Gasteiger partial charge in [-0.05, 0) is 42.5 Å². The number of ether oxygens (including phenoxy) is 1. The molecule has 1 aliphatic rings. The highest BCUT2D eigenvalue weighted by Crippen LogP contribution is 2.34. The highest BCUT2D eigenvalue weighted by Gasteiger charge is 2.32. The van der Waals surface area contributed by atoms with Crippen molar-refractivity contribution < 1.29 is 9.53 Å². The fourth-order valence-corrected chi connectivity index (χ4v) is 4.06. The van der Waals surface area contributed by atoms with E-state index in [0.717, 1.165) is 36.5 Å². The molecular formula is C24H26N3O2. The predicted octanol–water partition coefficient (Wildman–Crippen LogP) is 4.00. The molecule has 3 aromatic rings. The van der Waals surface area contributed by atoms with Gasteiger partial charge >= 0.3 is 0 Å². The van der Waals surface area contributed by atoms with Gasteiger partial charge in [0.15, 0.2) is 0 Å². The number of likely N-dealkylation sites (tertiary alicyclic amines) is 1. The summed E-state index contributed by atoms with van der Waals surface area (Å²) < 4.78 is 5.82. The molecule has 1 N–H and O–H groups in total. The van der Waals surface area contributed by atoms with Gasteiger partial charge in [-0.1, -0.05) is 48.5 Å². The molecule has 1 amide bonds. The van der Waals surface area contributed by atoms with E-state index in [-0.39, 0.29) is 11.8 Å². The zero-order valence-electron chi connectivity index (χ0n) is 16.5. The number of carbonyl (C=O) groups is 1. The number of aromatic amines is 1. The van der Waals surface area contributed by atoms with Gasteiger partial charge in [0, 0.05) is 31.6 Å². The Labute approximate surface area is 171 Å². The number of hydrogen-bond acceptors (Lipinski definition) is 3. The molecule has 0 saturated carbocycles. The van der Waals surface area contributed by atoms with Crippen molar-refractivity contribution in [1.82, 2.24) is 15.1 Å². The van der Waals surface area contributed by atoms with Crippen LogP contribution in [0.15, 0.2) is 66.7 Å². The van der Waals surface area contributed by atoms with E-state index >= 15 is 0 Å². The molecule has 1 radical (unpaired) electrons. The van der Waals surface area contributed by atoms with Crippen LogP contribution in [0.3, 0.4) is 0 Å². The largest absolute Gasteiger partial charge is 0.487 e. The number of carbonyl (C=O) groups excluding carboxylic acids is 1. The molecule has 1 aromatic heterocycles. The smallest absolute Gasteiger partial charge is 0.223 e. The number of H-pyrrole nitrogens is 1. The summed E-state index contributed by atoms with van der Waals surface area (Å²) in [5.74, 6) is 1.36. The van der Waals surface area contributed by atoms with Crippen LogP contribution in [0.5, 0.6) is 5.75 Å². The lowest BCUT2D eigenvalue weighted by Crippen LogP contribution is -2.42. The predicted molar refractivity (Wildman–Crippen MR) is 112 cm³/mol. The van der Waals surface area contributed by atoms with Crippen molar-refractivity contribution in [2.75, 3.05) is 13.1 Å². The Morgan fingerprint density at radius 1 is 1.14 bits per heavy atom. The third kappa shape index (κ3) is 4.86. The summed E-state index contributed by atoms with van der Waals surface area (Å²) >= 11 is 0. The van der Waals surface area contributed by atoms with Crippen LogP contribution in [0, 0.1) is 12.8 Å². The maximum Gasteiger partial charge on any atom is 0.223 e. The number of hydrogen-bond donors (Lipinski definition) is 1. The van der Waals surface area contributed by atoms with Crippen LogP contribution in [0.2, 0.25) is 0 Å². The topological polar surface area (TPSA) is 58.2 Å². The number of amides is 1. The number of nitrogens with zero attached hydrogens (tertiary/aromatic N) is 2. The molecule has 2 heterocycles. The van der Waals surface area contributed by atoms with E-state index in [4.69, 9.17) is 4.74 Å². The van der Waals surface area contributed by atoms with E-state index in [2.05, 4.69) is 47.5 Å². The Balaban J connectivity index is 1.49. The second-order valence-electron chi connectivity index (χ2n) is 7.60. The van der Waals surface area contributed by atoms with Crippen LogP contribution in [0.4, 0.5) is 0 Å². The summed E-state index contributed by atoms with van der Waals surface area (Å²) in [6.07, 6.45) is 1.94. The van der Waals surface area contributed by atoms with Crippen molar-refractivity contribution in [3.05, 3.63) is 90.6 Å². The number of rotatable bonds is 6. The number of para-hydroxylation sites is 1. The van der Waals surface area contributed by atoms with Gasteiger partial charge in [-0.3, -0.25) is 9.89 Å². The monoisotopic (exact) mass is 388 g/mol. The standard InChI is InChI=1S/C24H26N3O2/c1-18(28)27-13-12-20(14-19-8-4-2-5-9-19)23(16-27)24-15-21(25-26-24)17-29-22-10-6-3-7-11-22/h2-11,15,20,23H,1,12-14,16-17H2,(H,25,26). The minimum atomic E-state index is -0.111. The van der Waals surface area contributed by atoms with Crippen molar-refractivity contribution in [1.29, 1.82) is 0 Å². The summed E-state index contributed by atoms with van der Waals surface area (Å²) in [4.78, 5) is 13.7. The molecule has 1 aliphatic heterocycles. The first-order valence-electron chi connectivity index (χ1n) is 10.1. The average molecular weight is 388 g/mol. The molecule has 2 aromatic carbocycles. The third-order valence-corrected chi connectivity index (χ3v) is 5.63. The van der Waals surface area contributed by atoms with Crippen molar-refractivity contribution in [2.45, 2.75) is 25.4 Å². The van der Waals surface area contributed by atoms with Crippen LogP contribution in [0.25, 0.3) is 0 Å². The molecule has 5 heteroatoms. The fraction of sp³-hybridized carbons (Fsp3) is 0.292. The van der Waals surface area contributed by atoms with E-state index in [1.807, 2.05) is 41.3 Å². The second-order valence-corrected chi connectivity index (χ2v) is 7.60. The van der Waals surface area contributed by atoms with E-state index in [1.165, 1.54) is 5.56 Å². The lowest BCUT2D eigenvalue weighted by atomic mass is 9.79. The number of nitrogens with one attached hydrogen (secondary N) is 1. The van der Waals surface area contributed by atoms with E-state index in [0.29, 0.717) is 19.1 Å². The third-order valence-electron chi connectivity index (χ3n) is 5.63. The van der Waals surface area contributed by atoms with Crippen molar-refractivity contribution in [3.8, 4) is 5.75 Å². The zero-order chi connectivity index (χ0) is 20.1. The van der Waals surface area contributed by atoms with Crippen LogP contribution in [-0.4, -0.2) is 34.1 Å². The second kappa shape index (κ2) is 8.95. The first kappa shape index (κ1) is 19.2. The Hall–Kier alpha value is -3.08. The highest BCUT2D eigenvalue weighted by atomic mass is 16.5. The fourth-order valence-electron chi connectivity index (χ4n) is 4.06. The maximum absolute atomic E-state index is 11.9. The first-order valence-corrected chi connectivity index (χ1v) is 10.1. The minimum Gasteiger partial charge on any atom is -0.487 e. The van der Waals surface area contributed by atoms with Crippen LogP contribution in [0.1, 0.15) is 29.3 Å². The molecule has 0 bridgehead atoms. The van der Waals surface area contributed by atoms with E-state index in [1.54, 1.807) is 0 Å². The number of aromatic nitrogens is 2. The van der Waals surface area contributed by atoms with Gasteiger partial charge in [0.25, 0.3) is 0 Å². The van der Waals surface area contributed by atoms with Gasteiger partial charge in [-0.2, -0.15) is 5.10 Å². The summed E-state index contributed by atoms with van der Waals surface area (Å²) in [6, 6.07) is 22.3. The molecule has 29 heavy (non-hydrogen) atoms. The van der Waals surface area contributed by atoms with Crippen LogP contribution >= 0.6 is 0 Å². The van der Waals surface area contributed by atoms with Crippen molar-refractivity contribution in [2.24, 2.45) is 5.92 Å². The Bertz CT molecular complexity index is 924. The lowest BCUT2D eigenvalue weighted by Gasteiger charge is -2.38. The normalized spacial score (nSPS) is 19.1. The summed E-state index contributed by atoms with van der Waals surface area (Å²) in [5.41, 5.74) is 3.24.